The molecule has 1 atom stereocenters. The van der Waals surface area contributed by atoms with Gasteiger partial charge in [-0.3, -0.25) is 14.9 Å². The van der Waals surface area contributed by atoms with Crippen molar-refractivity contribution in [1.29, 1.82) is 0 Å². The highest BCUT2D eigenvalue weighted by molar-refractivity contribution is 5.73. The molecular formula is C21H29N5O. The quantitative estimate of drug-likeness (QED) is 0.851. The zero-order valence-corrected chi connectivity index (χ0v) is 16.1. The summed E-state index contributed by atoms with van der Waals surface area (Å²) in [4.78, 5) is 25.0. The molecule has 1 aliphatic rings. The molecule has 1 saturated heterocycles. The van der Waals surface area contributed by atoms with Gasteiger partial charge in [-0.15, -0.1) is 0 Å². The molecule has 1 fully saturated rings. The number of amides is 2. The van der Waals surface area contributed by atoms with Crippen molar-refractivity contribution in [2.45, 2.75) is 38.3 Å². The molecule has 144 valence electrons. The minimum Gasteiger partial charge on any atom is -0.336 e. The van der Waals surface area contributed by atoms with E-state index >= 15 is 0 Å². The van der Waals surface area contributed by atoms with Crippen molar-refractivity contribution in [2.24, 2.45) is 0 Å². The fraction of sp³-hybridized carbons (Fsp3) is 0.476. The largest absolute Gasteiger partial charge is 0.336 e. The van der Waals surface area contributed by atoms with Gasteiger partial charge in [-0.25, -0.2) is 4.79 Å². The predicted octanol–water partition coefficient (Wildman–Crippen LogP) is 3.24. The third-order valence-corrected chi connectivity index (χ3v) is 5.07. The number of aromatic nitrogens is 2. The summed E-state index contributed by atoms with van der Waals surface area (Å²) in [6.45, 7) is 3.22. The van der Waals surface area contributed by atoms with Gasteiger partial charge in [0.1, 0.15) is 0 Å². The highest BCUT2D eigenvalue weighted by Crippen LogP contribution is 2.23. The summed E-state index contributed by atoms with van der Waals surface area (Å²) in [5, 5.41) is 3.12. The number of nitrogens with one attached hydrogen (secondary N) is 1. The standard InChI is InChI=1S/C21H29N5O/c1-25(17-19-15-22-11-12-23-19)21(27)24-16-20(18-9-5-4-6-10-18)26-13-7-2-3-8-14-26/h4-6,9-12,15,20H,2-3,7-8,13-14,16-17H2,1H3,(H,24,27). The minimum atomic E-state index is -0.0867. The lowest BCUT2D eigenvalue weighted by Gasteiger charge is -2.32. The molecule has 1 N–H and O–H groups in total. The molecule has 2 amide bonds. The fourth-order valence-electron chi connectivity index (χ4n) is 3.59. The van der Waals surface area contributed by atoms with E-state index in [0.29, 0.717) is 13.1 Å². The van der Waals surface area contributed by atoms with E-state index in [4.69, 9.17) is 0 Å². The van der Waals surface area contributed by atoms with Gasteiger partial charge in [-0.05, 0) is 31.5 Å². The third kappa shape index (κ3) is 5.76. The molecule has 0 radical (unpaired) electrons. The topological polar surface area (TPSA) is 61.4 Å². The van der Waals surface area contributed by atoms with Gasteiger partial charge in [0.15, 0.2) is 0 Å². The second-order valence-electron chi connectivity index (χ2n) is 7.12. The molecule has 1 aromatic heterocycles. The number of benzene rings is 1. The van der Waals surface area contributed by atoms with Gasteiger partial charge in [0, 0.05) is 26.0 Å². The van der Waals surface area contributed by atoms with Crippen LogP contribution in [0.3, 0.4) is 0 Å². The molecule has 2 heterocycles. The summed E-state index contributed by atoms with van der Waals surface area (Å²) in [5.74, 6) is 0. The van der Waals surface area contributed by atoms with Crippen LogP contribution in [0.1, 0.15) is 43.0 Å². The number of urea groups is 1. The number of carbonyl (C=O) groups excluding carboxylic acids is 1. The first-order valence-corrected chi connectivity index (χ1v) is 9.77. The van der Waals surface area contributed by atoms with E-state index in [9.17, 15) is 4.79 Å². The SMILES string of the molecule is CN(Cc1cnccn1)C(=O)NCC(c1ccccc1)N1CCCCCC1. The van der Waals surface area contributed by atoms with Crippen LogP contribution in [0.5, 0.6) is 0 Å². The van der Waals surface area contributed by atoms with Crippen molar-refractivity contribution in [3.8, 4) is 0 Å². The van der Waals surface area contributed by atoms with Gasteiger partial charge in [0.2, 0.25) is 0 Å². The number of rotatable bonds is 6. The Labute approximate surface area is 161 Å². The molecular weight excluding hydrogens is 338 g/mol. The van der Waals surface area contributed by atoms with E-state index in [1.54, 1.807) is 30.5 Å². The van der Waals surface area contributed by atoms with Crippen LogP contribution < -0.4 is 5.32 Å². The van der Waals surface area contributed by atoms with E-state index in [1.165, 1.54) is 31.2 Å². The number of hydrogen-bond donors (Lipinski definition) is 1. The van der Waals surface area contributed by atoms with Crippen LogP contribution in [0.2, 0.25) is 0 Å². The average Bonchev–Trinajstić information content (AvgIpc) is 2.99. The van der Waals surface area contributed by atoms with Gasteiger partial charge >= 0.3 is 6.03 Å². The van der Waals surface area contributed by atoms with Crippen LogP contribution in [-0.2, 0) is 6.54 Å². The summed E-state index contributed by atoms with van der Waals surface area (Å²) in [6.07, 6.45) is 10.0. The molecule has 27 heavy (non-hydrogen) atoms. The zero-order valence-electron chi connectivity index (χ0n) is 16.1. The first-order valence-electron chi connectivity index (χ1n) is 9.77. The van der Waals surface area contributed by atoms with E-state index in [2.05, 4.69) is 44.5 Å². The van der Waals surface area contributed by atoms with Crippen molar-refractivity contribution >= 4 is 6.03 Å². The van der Waals surface area contributed by atoms with Gasteiger partial charge in [0.05, 0.1) is 24.5 Å². The summed E-state index contributed by atoms with van der Waals surface area (Å²) in [5.41, 5.74) is 2.04. The summed E-state index contributed by atoms with van der Waals surface area (Å²) in [7, 11) is 1.79. The number of likely N-dealkylation sites (tertiary alicyclic amines) is 1. The lowest BCUT2D eigenvalue weighted by atomic mass is 10.0. The van der Waals surface area contributed by atoms with Crippen molar-refractivity contribution in [3.05, 3.63) is 60.2 Å². The van der Waals surface area contributed by atoms with Crippen LogP contribution in [0.4, 0.5) is 4.79 Å². The lowest BCUT2D eigenvalue weighted by Crippen LogP contribution is -2.43. The molecule has 6 heteroatoms. The molecule has 3 rings (SSSR count). The maximum Gasteiger partial charge on any atom is 0.317 e. The molecule has 1 unspecified atom stereocenters. The van der Waals surface area contributed by atoms with Gasteiger partial charge < -0.3 is 10.2 Å². The Morgan fingerprint density at radius 1 is 1.15 bits per heavy atom. The Balaban J connectivity index is 1.62. The van der Waals surface area contributed by atoms with E-state index < -0.39 is 0 Å². The third-order valence-electron chi connectivity index (χ3n) is 5.07. The molecule has 1 aliphatic heterocycles. The molecule has 0 saturated carbocycles. The number of nitrogens with zero attached hydrogens (tertiary/aromatic N) is 4. The van der Waals surface area contributed by atoms with Gasteiger partial charge in [-0.1, -0.05) is 43.2 Å². The molecule has 6 nitrogen and oxygen atoms in total. The summed E-state index contributed by atoms with van der Waals surface area (Å²) in [6, 6.07) is 10.6. The highest BCUT2D eigenvalue weighted by atomic mass is 16.2. The van der Waals surface area contributed by atoms with Crippen molar-refractivity contribution in [3.63, 3.8) is 0 Å². The molecule has 2 aromatic rings. The van der Waals surface area contributed by atoms with E-state index in [-0.39, 0.29) is 12.1 Å². The Morgan fingerprint density at radius 2 is 1.89 bits per heavy atom. The molecule has 1 aromatic carbocycles. The van der Waals surface area contributed by atoms with Crippen LogP contribution in [0, 0.1) is 0 Å². The normalized spacial score (nSPS) is 16.3. The first kappa shape index (κ1) is 19.3. The zero-order chi connectivity index (χ0) is 18.9. The Bertz CT molecular complexity index is 686. The number of carbonyl (C=O) groups is 1. The second-order valence-corrected chi connectivity index (χ2v) is 7.12. The Kier molecular flexibility index (Phi) is 7.16. The maximum atomic E-state index is 12.6. The van der Waals surface area contributed by atoms with E-state index in [1.807, 2.05) is 6.07 Å². The molecule has 0 spiro atoms. The monoisotopic (exact) mass is 367 g/mol. The van der Waals surface area contributed by atoms with Crippen molar-refractivity contribution in [2.75, 3.05) is 26.7 Å². The van der Waals surface area contributed by atoms with E-state index in [0.717, 1.165) is 18.8 Å². The summed E-state index contributed by atoms with van der Waals surface area (Å²) >= 11 is 0. The summed E-state index contributed by atoms with van der Waals surface area (Å²) < 4.78 is 0. The maximum absolute atomic E-state index is 12.6. The molecule has 0 aliphatic carbocycles. The predicted molar refractivity (Wildman–Crippen MR) is 106 cm³/mol. The first-order chi connectivity index (χ1) is 13.2. The van der Waals surface area contributed by atoms with Crippen molar-refractivity contribution < 1.29 is 4.79 Å². The second kappa shape index (κ2) is 10.0. The Morgan fingerprint density at radius 3 is 2.56 bits per heavy atom. The Hall–Kier alpha value is -2.47. The van der Waals surface area contributed by atoms with Crippen LogP contribution in [0.25, 0.3) is 0 Å². The van der Waals surface area contributed by atoms with Crippen LogP contribution in [0.15, 0.2) is 48.9 Å². The average molecular weight is 367 g/mol. The van der Waals surface area contributed by atoms with Gasteiger partial charge in [-0.2, -0.15) is 0 Å². The van der Waals surface area contributed by atoms with Crippen molar-refractivity contribution in [1.82, 2.24) is 25.1 Å². The van der Waals surface area contributed by atoms with Gasteiger partial charge in [0.25, 0.3) is 0 Å². The fourth-order valence-corrected chi connectivity index (χ4v) is 3.59. The number of hydrogen-bond acceptors (Lipinski definition) is 4. The van der Waals surface area contributed by atoms with Crippen LogP contribution >= 0.6 is 0 Å². The van der Waals surface area contributed by atoms with Crippen LogP contribution in [-0.4, -0.2) is 52.5 Å². The molecule has 0 bridgehead atoms. The smallest absolute Gasteiger partial charge is 0.317 e. The highest BCUT2D eigenvalue weighted by Gasteiger charge is 2.22. The minimum absolute atomic E-state index is 0.0867. The lowest BCUT2D eigenvalue weighted by molar-refractivity contribution is 0.183.